The van der Waals surface area contributed by atoms with Gasteiger partial charge in [0.15, 0.2) is 5.13 Å². The summed E-state index contributed by atoms with van der Waals surface area (Å²) in [5, 5.41) is 1.63. The summed E-state index contributed by atoms with van der Waals surface area (Å²) in [6, 6.07) is 13.4. The first-order valence-corrected chi connectivity index (χ1v) is 9.47. The minimum atomic E-state index is 0.0438. The quantitative estimate of drug-likeness (QED) is 0.676. The number of hydrogen-bond acceptors (Lipinski definition) is 4. The molecule has 1 saturated heterocycles. The van der Waals surface area contributed by atoms with E-state index in [1.165, 1.54) is 10.3 Å². The first-order valence-electron chi connectivity index (χ1n) is 8.28. The lowest BCUT2D eigenvalue weighted by Crippen LogP contribution is -2.48. The van der Waals surface area contributed by atoms with E-state index >= 15 is 0 Å². The van der Waals surface area contributed by atoms with Crippen molar-refractivity contribution in [2.24, 2.45) is 0 Å². The molecule has 128 valence electrons. The molecule has 0 N–H and O–H groups in total. The summed E-state index contributed by atoms with van der Waals surface area (Å²) in [5.74, 6) is 0.0438. The van der Waals surface area contributed by atoms with Crippen molar-refractivity contribution in [3.05, 3.63) is 58.6 Å². The SMILES string of the molecule is Cc1cccc2sc(N3CCN(C(=O)c4cccc(Cl)c4)CC3)nc12. The Morgan fingerprint density at radius 3 is 2.60 bits per heavy atom. The van der Waals surface area contributed by atoms with Crippen molar-refractivity contribution in [2.45, 2.75) is 6.92 Å². The van der Waals surface area contributed by atoms with Crippen LogP contribution in [-0.2, 0) is 0 Å². The summed E-state index contributed by atoms with van der Waals surface area (Å²) in [4.78, 5) is 21.6. The van der Waals surface area contributed by atoms with Gasteiger partial charge >= 0.3 is 0 Å². The molecule has 1 aliphatic rings. The van der Waals surface area contributed by atoms with Crippen molar-refractivity contribution in [3.63, 3.8) is 0 Å². The highest BCUT2D eigenvalue weighted by Crippen LogP contribution is 2.31. The lowest BCUT2D eigenvalue weighted by molar-refractivity contribution is 0.0747. The monoisotopic (exact) mass is 371 g/mol. The lowest BCUT2D eigenvalue weighted by atomic mass is 10.2. The van der Waals surface area contributed by atoms with E-state index in [2.05, 4.69) is 30.0 Å². The van der Waals surface area contributed by atoms with Gasteiger partial charge in [-0.05, 0) is 36.8 Å². The number of hydrogen-bond donors (Lipinski definition) is 0. The normalized spacial score (nSPS) is 15.0. The maximum absolute atomic E-state index is 12.6. The number of amides is 1. The van der Waals surface area contributed by atoms with Crippen molar-refractivity contribution < 1.29 is 4.79 Å². The van der Waals surface area contributed by atoms with E-state index in [0.29, 0.717) is 23.7 Å². The number of para-hydroxylation sites is 1. The fourth-order valence-corrected chi connectivity index (χ4v) is 4.40. The zero-order chi connectivity index (χ0) is 17.4. The second-order valence-corrected chi connectivity index (χ2v) is 7.65. The molecule has 0 spiro atoms. The molecule has 1 fully saturated rings. The molecule has 4 rings (SSSR count). The summed E-state index contributed by atoms with van der Waals surface area (Å²) in [5.41, 5.74) is 2.94. The minimum absolute atomic E-state index is 0.0438. The van der Waals surface area contributed by atoms with Crippen LogP contribution in [0, 0.1) is 6.92 Å². The number of piperazine rings is 1. The van der Waals surface area contributed by atoms with Gasteiger partial charge in [0.25, 0.3) is 5.91 Å². The van der Waals surface area contributed by atoms with Gasteiger partial charge in [-0.15, -0.1) is 0 Å². The smallest absolute Gasteiger partial charge is 0.254 e. The van der Waals surface area contributed by atoms with Gasteiger partial charge in [0, 0.05) is 36.8 Å². The molecule has 0 unspecified atom stereocenters. The van der Waals surface area contributed by atoms with Crippen LogP contribution in [0.3, 0.4) is 0 Å². The topological polar surface area (TPSA) is 36.4 Å². The fourth-order valence-electron chi connectivity index (χ4n) is 3.11. The third-order valence-corrected chi connectivity index (χ3v) is 5.83. The van der Waals surface area contributed by atoms with Crippen LogP contribution in [0.25, 0.3) is 10.2 Å². The Bertz CT molecular complexity index is 931. The van der Waals surface area contributed by atoms with Crippen LogP contribution in [0.1, 0.15) is 15.9 Å². The Morgan fingerprint density at radius 2 is 1.88 bits per heavy atom. The molecule has 4 nitrogen and oxygen atoms in total. The number of carbonyl (C=O) groups excluding carboxylic acids is 1. The average Bonchev–Trinajstić information content (AvgIpc) is 3.07. The molecule has 2 aromatic carbocycles. The molecule has 1 aliphatic heterocycles. The molecule has 0 saturated carbocycles. The molecule has 25 heavy (non-hydrogen) atoms. The predicted octanol–water partition coefficient (Wildman–Crippen LogP) is 4.22. The van der Waals surface area contributed by atoms with Crippen molar-refractivity contribution in [2.75, 3.05) is 31.1 Å². The summed E-state index contributed by atoms with van der Waals surface area (Å²) in [6.07, 6.45) is 0. The standard InChI is InChI=1S/C19H18ClN3OS/c1-13-4-2-7-16-17(13)21-19(25-16)23-10-8-22(9-11-23)18(24)14-5-3-6-15(20)12-14/h2-7,12H,8-11H2,1H3. The predicted molar refractivity (Wildman–Crippen MR) is 104 cm³/mol. The molecule has 2 heterocycles. The number of benzene rings is 2. The summed E-state index contributed by atoms with van der Waals surface area (Å²) in [7, 11) is 0. The fraction of sp³-hybridized carbons (Fsp3) is 0.263. The third-order valence-electron chi connectivity index (χ3n) is 4.52. The average molecular weight is 372 g/mol. The zero-order valence-corrected chi connectivity index (χ0v) is 15.5. The molecular formula is C19H18ClN3OS. The van der Waals surface area contributed by atoms with Crippen LogP contribution >= 0.6 is 22.9 Å². The molecule has 1 aromatic heterocycles. The molecule has 0 aliphatic carbocycles. The van der Waals surface area contributed by atoms with Gasteiger partial charge in [0.2, 0.25) is 0 Å². The van der Waals surface area contributed by atoms with Crippen molar-refractivity contribution in [1.82, 2.24) is 9.88 Å². The number of fused-ring (bicyclic) bond motifs is 1. The highest BCUT2D eigenvalue weighted by Gasteiger charge is 2.24. The maximum atomic E-state index is 12.6. The number of aryl methyl sites for hydroxylation is 1. The van der Waals surface area contributed by atoms with Crippen LogP contribution in [0.2, 0.25) is 5.02 Å². The van der Waals surface area contributed by atoms with E-state index in [0.717, 1.165) is 23.7 Å². The molecule has 1 amide bonds. The van der Waals surface area contributed by atoms with E-state index < -0.39 is 0 Å². The Morgan fingerprint density at radius 1 is 1.12 bits per heavy atom. The maximum Gasteiger partial charge on any atom is 0.254 e. The summed E-state index contributed by atoms with van der Waals surface area (Å²) < 4.78 is 1.22. The van der Waals surface area contributed by atoms with Gasteiger partial charge in [-0.3, -0.25) is 4.79 Å². The van der Waals surface area contributed by atoms with Crippen LogP contribution in [0.4, 0.5) is 5.13 Å². The number of thiazole rings is 1. The second-order valence-electron chi connectivity index (χ2n) is 6.21. The van der Waals surface area contributed by atoms with Gasteiger partial charge in [-0.1, -0.05) is 41.1 Å². The van der Waals surface area contributed by atoms with Crippen LogP contribution in [-0.4, -0.2) is 42.0 Å². The Kier molecular flexibility index (Phi) is 4.36. The Balaban J connectivity index is 1.47. The van der Waals surface area contributed by atoms with Crippen molar-refractivity contribution in [3.8, 4) is 0 Å². The molecule has 3 aromatic rings. The van der Waals surface area contributed by atoms with E-state index in [-0.39, 0.29) is 5.91 Å². The van der Waals surface area contributed by atoms with Crippen LogP contribution < -0.4 is 4.90 Å². The van der Waals surface area contributed by atoms with Gasteiger partial charge in [-0.25, -0.2) is 4.98 Å². The minimum Gasteiger partial charge on any atom is -0.345 e. The van der Waals surface area contributed by atoms with E-state index in [4.69, 9.17) is 16.6 Å². The largest absolute Gasteiger partial charge is 0.345 e. The molecule has 0 bridgehead atoms. The molecule has 0 atom stereocenters. The van der Waals surface area contributed by atoms with Gasteiger partial charge in [0.1, 0.15) is 0 Å². The van der Waals surface area contributed by atoms with Gasteiger partial charge in [-0.2, -0.15) is 0 Å². The van der Waals surface area contributed by atoms with E-state index in [1.54, 1.807) is 23.5 Å². The number of carbonyl (C=O) groups is 1. The number of nitrogens with zero attached hydrogens (tertiary/aromatic N) is 3. The lowest BCUT2D eigenvalue weighted by Gasteiger charge is -2.34. The van der Waals surface area contributed by atoms with Gasteiger partial charge in [0.05, 0.1) is 10.2 Å². The van der Waals surface area contributed by atoms with Crippen LogP contribution in [0.15, 0.2) is 42.5 Å². The number of halogens is 1. The Labute approximate surface area is 155 Å². The highest BCUT2D eigenvalue weighted by atomic mass is 35.5. The summed E-state index contributed by atoms with van der Waals surface area (Å²) >= 11 is 7.72. The molecular weight excluding hydrogens is 354 g/mol. The molecule has 6 heteroatoms. The highest BCUT2D eigenvalue weighted by molar-refractivity contribution is 7.22. The first-order chi connectivity index (χ1) is 12.1. The van der Waals surface area contributed by atoms with Crippen molar-refractivity contribution in [1.29, 1.82) is 0 Å². The van der Waals surface area contributed by atoms with E-state index in [9.17, 15) is 4.79 Å². The Hall–Kier alpha value is -2.11. The number of anilines is 1. The first kappa shape index (κ1) is 16.4. The summed E-state index contributed by atoms with van der Waals surface area (Å²) in [6.45, 7) is 5.07. The molecule has 0 radical (unpaired) electrons. The van der Waals surface area contributed by atoms with Crippen LogP contribution in [0.5, 0.6) is 0 Å². The zero-order valence-electron chi connectivity index (χ0n) is 13.9. The van der Waals surface area contributed by atoms with Gasteiger partial charge < -0.3 is 9.80 Å². The van der Waals surface area contributed by atoms with Crippen molar-refractivity contribution >= 4 is 44.2 Å². The third kappa shape index (κ3) is 3.22. The number of rotatable bonds is 2. The number of aromatic nitrogens is 1. The van der Waals surface area contributed by atoms with E-state index in [1.807, 2.05) is 17.0 Å². The second kappa shape index (κ2) is 6.65.